The van der Waals surface area contributed by atoms with Crippen molar-refractivity contribution in [3.63, 3.8) is 0 Å². The predicted molar refractivity (Wildman–Crippen MR) is 86.1 cm³/mol. The van der Waals surface area contributed by atoms with Crippen LogP contribution in [-0.2, 0) is 16.0 Å². The van der Waals surface area contributed by atoms with E-state index in [-0.39, 0.29) is 5.91 Å². The Morgan fingerprint density at radius 3 is 2.71 bits per heavy atom. The molecule has 0 aromatic heterocycles. The Balaban J connectivity index is 2.86. The smallest absolute Gasteiger partial charge is 0.227 e. The summed E-state index contributed by atoms with van der Waals surface area (Å²) in [7, 11) is 1.61. The van der Waals surface area contributed by atoms with Gasteiger partial charge in [0.15, 0.2) is 0 Å². The number of methoxy groups -OCH3 is 1. The third-order valence-corrected chi connectivity index (χ3v) is 3.23. The first-order valence-electron chi connectivity index (χ1n) is 7.08. The highest BCUT2D eigenvalue weighted by Gasteiger charge is 2.21. The molecule has 0 spiro atoms. The summed E-state index contributed by atoms with van der Waals surface area (Å²) in [6, 6.07) is 5.76. The summed E-state index contributed by atoms with van der Waals surface area (Å²) in [5.74, 6) is 5.77. The van der Waals surface area contributed by atoms with Crippen molar-refractivity contribution < 1.29 is 9.53 Å². The molecule has 0 saturated carbocycles. The first-order valence-corrected chi connectivity index (χ1v) is 7.08. The van der Waals surface area contributed by atoms with Gasteiger partial charge in [0, 0.05) is 18.4 Å². The minimum atomic E-state index is -0.469. The van der Waals surface area contributed by atoms with Crippen molar-refractivity contribution in [3.05, 3.63) is 29.3 Å². The van der Waals surface area contributed by atoms with Gasteiger partial charge in [-0.2, -0.15) is 0 Å². The van der Waals surface area contributed by atoms with Crippen molar-refractivity contribution in [2.24, 2.45) is 5.73 Å². The molecule has 0 atom stereocenters. The summed E-state index contributed by atoms with van der Waals surface area (Å²) >= 11 is 0. The van der Waals surface area contributed by atoms with Crippen LogP contribution in [0.5, 0.6) is 0 Å². The molecule has 0 bridgehead atoms. The van der Waals surface area contributed by atoms with Gasteiger partial charge in [0.1, 0.15) is 0 Å². The quantitative estimate of drug-likeness (QED) is 0.817. The zero-order chi connectivity index (χ0) is 15.9. The minimum Gasteiger partial charge on any atom is -0.378 e. The summed E-state index contributed by atoms with van der Waals surface area (Å²) in [6.07, 6.45) is 1.13. The molecule has 0 aliphatic carbocycles. The van der Waals surface area contributed by atoms with E-state index in [0.717, 1.165) is 23.2 Å². The SMILES string of the molecule is CCc1cc(C#CCN)ccc1NC(=O)CC(C)(C)OC. The maximum atomic E-state index is 12.1. The second kappa shape index (κ2) is 7.82. The van der Waals surface area contributed by atoms with Crippen molar-refractivity contribution in [2.75, 3.05) is 19.0 Å². The Morgan fingerprint density at radius 1 is 1.43 bits per heavy atom. The molecule has 0 aliphatic heterocycles. The number of ether oxygens (including phenoxy) is 1. The lowest BCUT2D eigenvalue weighted by Gasteiger charge is -2.22. The maximum absolute atomic E-state index is 12.1. The van der Waals surface area contributed by atoms with E-state index < -0.39 is 5.60 Å². The lowest BCUT2D eigenvalue weighted by molar-refractivity contribution is -0.121. The van der Waals surface area contributed by atoms with Gasteiger partial charge in [-0.25, -0.2) is 0 Å². The van der Waals surface area contributed by atoms with Crippen molar-refractivity contribution >= 4 is 11.6 Å². The molecular formula is C17H24N2O2. The second-order valence-corrected chi connectivity index (χ2v) is 5.42. The fourth-order valence-corrected chi connectivity index (χ4v) is 1.89. The lowest BCUT2D eigenvalue weighted by Crippen LogP contribution is -2.29. The van der Waals surface area contributed by atoms with E-state index >= 15 is 0 Å². The molecule has 0 unspecified atom stereocenters. The number of hydrogen-bond acceptors (Lipinski definition) is 3. The summed E-state index contributed by atoms with van der Waals surface area (Å²) < 4.78 is 5.28. The summed E-state index contributed by atoms with van der Waals surface area (Å²) in [6.45, 7) is 6.16. The van der Waals surface area contributed by atoms with Crippen LogP contribution in [0.4, 0.5) is 5.69 Å². The average molecular weight is 288 g/mol. The van der Waals surface area contributed by atoms with Crippen LogP contribution in [0.3, 0.4) is 0 Å². The number of rotatable bonds is 5. The van der Waals surface area contributed by atoms with Crippen molar-refractivity contribution in [2.45, 2.75) is 39.2 Å². The van der Waals surface area contributed by atoms with Gasteiger partial charge in [-0.1, -0.05) is 18.8 Å². The summed E-state index contributed by atoms with van der Waals surface area (Å²) in [5, 5.41) is 2.94. The van der Waals surface area contributed by atoms with Crippen LogP contribution in [0.25, 0.3) is 0 Å². The molecule has 0 heterocycles. The molecule has 3 N–H and O–H groups in total. The lowest BCUT2D eigenvalue weighted by atomic mass is 10.0. The number of anilines is 1. The number of carbonyl (C=O) groups is 1. The molecule has 1 aromatic carbocycles. The van der Waals surface area contributed by atoms with Gasteiger partial charge in [-0.3, -0.25) is 4.79 Å². The maximum Gasteiger partial charge on any atom is 0.227 e. The highest BCUT2D eigenvalue weighted by atomic mass is 16.5. The molecule has 0 radical (unpaired) electrons. The van der Waals surface area contributed by atoms with E-state index in [1.807, 2.05) is 39.0 Å². The van der Waals surface area contributed by atoms with Gasteiger partial charge < -0.3 is 15.8 Å². The summed E-state index contributed by atoms with van der Waals surface area (Å²) in [4.78, 5) is 12.1. The minimum absolute atomic E-state index is 0.0580. The number of amides is 1. The molecule has 4 nitrogen and oxygen atoms in total. The molecule has 1 aromatic rings. The first-order chi connectivity index (χ1) is 9.91. The van der Waals surface area contributed by atoms with Gasteiger partial charge in [0.05, 0.1) is 18.6 Å². The van der Waals surface area contributed by atoms with E-state index in [1.165, 1.54) is 0 Å². The number of nitrogens with one attached hydrogen (secondary N) is 1. The molecule has 114 valence electrons. The van der Waals surface area contributed by atoms with E-state index in [2.05, 4.69) is 17.2 Å². The number of aryl methyl sites for hydroxylation is 1. The normalized spacial score (nSPS) is 10.7. The summed E-state index contributed by atoms with van der Waals surface area (Å²) in [5.41, 5.74) is 7.70. The fourth-order valence-electron chi connectivity index (χ4n) is 1.89. The number of nitrogens with two attached hydrogens (primary N) is 1. The Morgan fingerprint density at radius 2 is 2.14 bits per heavy atom. The highest BCUT2D eigenvalue weighted by molar-refractivity contribution is 5.92. The van der Waals surface area contributed by atoms with Crippen LogP contribution in [0, 0.1) is 11.8 Å². The van der Waals surface area contributed by atoms with E-state index in [0.29, 0.717) is 13.0 Å². The van der Waals surface area contributed by atoms with Crippen LogP contribution < -0.4 is 11.1 Å². The van der Waals surface area contributed by atoms with Gasteiger partial charge >= 0.3 is 0 Å². The molecule has 21 heavy (non-hydrogen) atoms. The predicted octanol–water partition coefficient (Wildman–Crippen LogP) is 2.31. The second-order valence-electron chi connectivity index (χ2n) is 5.42. The third kappa shape index (κ3) is 5.58. The van der Waals surface area contributed by atoms with Crippen LogP contribution in [0.2, 0.25) is 0 Å². The van der Waals surface area contributed by atoms with Crippen molar-refractivity contribution in [1.82, 2.24) is 0 Å². The first kappa shape index (κ1) is 17.2. The number of benzene rings is 1. The van der Waals surface area contributed by atoms with Gasteiger partial charge in [-0.05, 0) is 44.0 Å². The van der Waals surface area contributed by atoms with Crippen LogP contribution in [0.1, 0.15) is 38.3 Å². The van der Waals surface area contributed by atoms with E-state index in [9.17, 15) is 4.79 Å². The Bertz CT molecular complexity index is 554. The highest BCUT2D eigenvalue weighted by Crippen LogP contribution is 2.20. The van der Waals surface area contributed by atoms with Gasteiger partial charge in [0.25, 0.3) is 0 Å². The van der Waals surface area contributed by atoms with Gasteiger partial charge in [-0.15, -0.1) is 0 Å². The molecule has 0 saturated heterocycles. The average Bonchev–Trinajstić information content (AvgIpc) is 2.45. The Hall–Kier alpha value is -1.83. The molecule has 4 heteroatoms. The van der Waals surface area contributed by atoms with Crippen LogP contribution in [0.15, 0.2) is 18.2 Å². The van der Waals surface area contributed by atoms with Gasteiger partial charge in [0.2, 0.25) is 5.91 Å². The van der Waals surface area contributed by atoms with Crippen molar-refractivity contribution in [3.8, 4) is 11.8 Å². The largest absolute Gasteiger partial charge is 0.378 e. The van der Waals surface area contributed by atoms with Crippen LogP contribution >= 0.6 is 0 Å². The fraction of sp³-hybridized carbons (Fsp3) is 0.471. The Labute approximate surface area is 127 Å². The van der Waals surface area contributed by atoms with Crippen LogP contribution in [-0.4, -0.2) is 25.2 Å². The molecule has 1 amide bonds. The third-order valence-electron chi connectivity index (χ3n) is 3.23. The number of hydrogen-bond donors (Lipinski definition) is 2. The number of carbonyl (C=O) groups excluding carboxylic acids is 1. The Kier molecular flexibility index (Phi) is 6.41. The molecule has 0 aliphatic rings. The zero-order valence-electron chi connectivity index (χ0n) is 13.2. The molecule has 0 fully saturated rings. The van der Waals surface area contributed by atoms with E-state index in [4.69, 9.17) is 10.5 Å². The standard InChI is InChI=1S/C17H24N2O2/c1-5-14-11-13(7-6-10-18)8-9-15(14)19-16(20)12-17(2,3)21-4/h8-9,11H,5,10,12,18H2,1-4H3,(H,19,20). The van der Waals surface area contributed by atoms with E-state index in [1.54, 1.807) is 7.11 Å². The molecular weight excluding hydrogens is 264 g/mol. The topological polar surface area (TPSA) is 64.3 Å². The molecule has 1 rings (SSSR count). The monoisotopic (exact) mass is 288 g/mol. The van der Waals surface area contributed by atoms with Crippen molar-refractivity contribution in [1.29, 1.82) is 0 Å². The zero-order valence-corrected chi connectivity index (χ0v) is 13.2.